The van der Waals surface area contributed by atoms with Crippen LogP contribution in [0.1, 0.15) is 11.1 Å². The smallest absolute Gasteiger partial charge is 0.0644 e. The van der Waals surface area contributed by atoms with E-state index in [1.165, 1.54) is 10.9 Å². The highest BCUT2D eigenvalue weighted by molar-refractivity contribution is 6.43. The summed E-state index contributed by atoms with van der Waals surface area (Å²) in [4.78, 5) is 3.20. The van der Waals surface area contributed by atoms with E-state index in [2.05, 4.69) is 10.3 Å². The van der Waals surface area contributed by atoms with Crippen molar-refractivity contribution in [2.24, 2.45) is 0 Å². The largest absolute Gasteiger partial charge is 0.361 e. The number of benzene rings is 1. The van der Waals surface area contributed by atoms with Gasteiger partial charge >= 0.3 is 0 Å². The van der Waals surface area contributed by atoms with Crippen LogP contribution in [0.2, 0.25) is 10.0 Å². The van der Waals surface area contributed by atoms with Crippen LogP contribution in [0.25, 0.3) is 10.9 Å². The van der Waals surface area contributed by atoms with Gasteiger partial charge in [0, 0.05) is 30.2 Å². The third-order valence-corrected chi connectivity index (χ3v) is 3.48. The van der Waals surface area contributed by atoms with Crippen LogP contribution in [0, 0.1) is 0 Å². The standard InChI is InChI=1S/C10H8Cl2N2/c11-7-1-8-9-5(3-14-8)2-13-4-6(9)10(7)12/h1,3,13-14H,2,4H2. The van der Waals surface area contributed by atoms with Crippen LogP contribution in [0.4, 0.5) is 0 Å². The number of halogens is 2. The normalized spacial score (nSPS) is 15.0. The Bertz CT molecular complexity index is 516. The molecule has 14 heavy (non-hydrogen) atoms. The van der Waals surface area contributed by atoms with Gasteiger partial charge in [-0.2, -0.15) is 0 Å². The van der Waals surface area contributed by atoms with E-state index < -0.39 is 0 Å². The first-order valence-corrected chi connectivity index (χ1v) is 5.20. The Morgan fingerprint density at radius 2 is 2.07 bits per heavy atom. The predicted octanol–water partition coefficient (Wildman–Crippen LogP) is 3.08. The molecule has 0 spiro atoms. The van der Waals surface area contributed by atoms with Crippen molar-refractivity contribution >= 4 is 34.1 Å². The predicted molar refractivity (Wildman–Crippen MR) is 58.9 cm³/mol. The van der Waals surface area contributed by atoms with Gasteiger partial charge in [-0.15, -0.1) is 0 Å². The van der Waals surface area contributed by atoms with E-state index in [0.717, 1.165) is 24.2 Å². The van der Waals surface area contributed by atoms with E-state index in [1.807, 2.05) is 12.3 Å². The van der Waals surface area contributed by atoms with E-state index in [4.69, 9.17) is 23.2 Å². The number of hydrogen-bond donors (Lipinski definition) is 2. The molecular weight excluding hydrogens is 219 g/mol. The van der Waals surface area contributed by atoms with Crippen molar-refractivity contribution in [3.63, 3.8) is 0 Å². The lowest BCUT2D eigenvalue weighted by molar-refractivity contribution is 0.684. The zero-order valence-corrected chi connectivity index (χ0v) is 8.84. The molecule has 2 aromatic rings. The topological polar surface area (TPSA) is 27.8 Å². The van der Waals surface area contributed by atoms with E-state index in [0.29, 0.717) is 10.0 Å². The van der Waals surface area contributed by atoms with Gasteiger partial charge in [-0.3, -0.25) is 0 Å². The zero-order chi connectivity index (χ0) is 9.71. The second-order valence-corrected chi connectivity index (χ2v) is 4.28. The molecule has 1 aromatic carbocycles. The Morgan fingerprint density at radius 1 is 1.21 bits per heavy atom. The molecule has 0 saturated heterocycles. The van der Waals surface area contributed by atoms with Crippen molar-refractivity contribution in [3.8, 4) is 0 Å². The number of hydrogen-bond acceptors (Lipinski definition) is 1. The first-order valence-electron chi connectivity index (χ1n) is 4.45. The molecule has 0 radical (unpaired) electrons. The third kappa shape index (κ3) is 1.02. The highest BCUT2D eigenvalue weighted by atomic mass is 35.5. The lowest BCUT2D eigenvalue weighted by atomic mass is 10.0. The Labute approximate surface area is 91.2 Å². The first-order chi connectivity index (χ1) is 6.77. The molecular formula is C10H8Cl2N2. The Kier molecular flexibility index (Phi) is 1.78. The van der Waals surface area contributed by atoms with Crippen LogP contribution < -0.4 is 5.32 Å². The second-order valence-electron chi connectivity index (χ2n) is 3.49. The molecule has 2 N–H and O–H groups in total. The van der Waals surface area contributed by atoms with E-state index in [9.17, 15) is 0 Å². The minimum Gasteiger partial charge on any atom is -0.361 e. The Hall–Kier alpha value is -0.700. The van der Waals surface area contributed by atoms with Crippen molar-refractivity contribution in [1.29, 1.82) is 0 Å². The molecule has 4 heteroatoms. The van der Waals surface area contributed by atoms with Gasteiger partial charge in [-0.25, -0.2) is 0 Å². The van der Waals surface area contributed by atoms with Gasteiger partial charge in [0.15, 0.2) is 0 Å². The number of aromatic nitrogens is 1. The summed E-state index contributed by atoms with van der Waals surface area (Å²) < 4.78 is 0. The molecule has 3 rings (SSSR count). The van der Waals surface area contributed by atoms with Gasteiger partial charge in [0.1, 0.15) is 0 Å². The van der Waals surface area contributed by atoms with Gasteiger partial charge in [0.05, 0.1) is 10.0 Å². The van der Waals surface area contributed by atoms with Crippen LogP contribution >= 0.6 is 23.2 Å². The molecule has 0 fully saturated rings. The van der Waals surface area contributed by atoms with Gasteiger partial charge in [-0.1, -0.05) is 23.2 Å². The van der Waals surface area contributed by atoms with Crippen LogP contribution in [-0.2, 0) is 13.1 Å². The number of rotatable bonds is 0. The molecule has 72 valence electrons. The minimum atomic E-state index is 0.617. The summed E-state index contributed by atoms with van der Waals surface area (Å²) in [6.07, 6.45) is 2.01. The summed E-state index contributed by atoms with van der Waals surface area (Å²) >= 11 is 12.2. The van der Waals surface area contributed by atoms with Crippen molar-refractivity contribution in [2.45, 2.75) is 13.1 Å². The number of nitrogens with one attached hydrogen (secondary N) is 2. The summed E-state index contributed by atoms with van der Waals surface area (Å²) in [5.74, 6) is 0. The fraction of sp³-hybridized carbons (Fsp3) is 0.200. The van der Waals surface area contributed by atoms with Crippen LogP contribution in [0.3, 0.4) is 0 Å². The molecule has 2 heterocycles. The maximum absolute atomic E-state index is 6.15. The Balaban J connectivity index is 2.50. The van der Waals surface area contributed by atoms with Crippen molar-refractivity contribution < 1.29 is 0 Å². The summed E-state index contributed by atoms with van der Waals surface area (Å²) in [6.45, 7) is 1.69. The van der Waals surface area contributed by atoms with Crippen LogP contribution in [0.15, 0.2) is 12.3 Å². The summed E-state index contributed by atoms with van der Waals surface area (Å²) in [6, 6.07) is 1.89. The first kappa shape index (κ1) is 8.60. The lowest BCUT2D eigenvalue weighted by Crippen LogP contribution is -2.17. The van der Waals surface area contributed by atoms with Crippen molar-refractivity contribution in [2.75, 3.05) is 0 Å². The molecule has 0 unspecified atom stereocenters. The van der Waals surface area contributed by atoms with Crippen LogP contribution in [0.5, 0.6) is 0 Å². The molecule has 1 aliphatic rings. The summed E-state index contributed by atoms with van der Waals surface area (Å²) in [7, 11) is 0. The zero-order valence-electron chi connectivity index (χ0n) is 7.32. The van der Waals surface area contributed by atoms with Gasteiger partial charge in [0.2, 0.25) is 0 Å². The maximum Gasteiger partial charge on any atom is 0.0644 e. The fourth-order valence-corrected chi connectivity index (χ4v) is 2.46. The van der Waals surface area contributed by atoms with E-state index >= 15 is 0 Å². The Morgan fingerprint density at radius 3 is 2.93 bits per heavy atom. The summed E-state index contributed by atoms with van der Waals surface area (Å²) in [5.41, 5.74) is 3.45. The monoisotopic (exact) mass is 226 g/mol. The highest BCUT2D eigenvalue weighted by Crippen LogP contribution is 2.36. The van der Waals surface area contributed by atoms with Gasteiger partial charge in [-0.05, 0) is 17.2 Å². The van der Waals surface area contributed by atoms with Gasteiger partial charge < -0.3 is 10.3 Å². The van der Waals surface area contributed by atoms with Crippen LogP contribution in [-0.4, -0.2) is 4.98 Å². The van der Waals surface area contributed by atoms with Crippen molar-refractivity contribution in [1.82, 2.24) is 10.3 Å². The molecule has 2 nitrogen and oxygen atoms in total. The SMILES string of the molecule is Clc1cc2[nH]cc3c2c(c1Cl)CNC3. The van der Waals surface area contributed by atoms with E-state index in [-0.39, 0.29) is 0 Å². The average Bonchev–Trinajstić information content (AvgIpc) is 2.59. The molecule has 1 aromatic heterocycles. The minimum absolute atomic E-state index is 0.617. The number of aromatic amines is 1. The van der Waals surface area contributed by atoms with Gasteiger partial charge in [0.25, 0.3) is 0 Å². The molecule has 0 saturated carbocycles. The second kappa shape index (κ2) is 2.89. The maximum atomic E-state index is 6.15. The molecule has 0 aliphatic carbocycles. The highest BCUT2D eigenvalue weighted by Gasteiger charge is 2.18. The number of H-pyrrole nitrogens is 1. The molecule has 0 atom stereocenters. The third-order valence-electron chi connectivity index (χ3n) is 2.66. The quantitative estimate of drug-likeness (QED) is 0.711. The molecule has 0 bridgehead atoms. The average molecular weight is 227 g/mol. The fourth-order valence-electron chi connectivity index (χ4n) is 2.02. The molecule has 0 amide bonds. The summed E-state index contributed by atoms with van der Waals surface area (Å²) in [5, 5.41) is 5.82. The van der Waals surface area contributed by atoms with Crippen molar-refractivity contribution in [3.05, 3.63) is 33.4 Å². The lowest BCUT2D eigenvalue weighted by Gasteiger charge is -2.15. The molecule has 1 aliphatic heterocycles. The van der Waals surface area contributed by atoms with E-state index in [1.54, 1.807) is 0 Å².